The average molecular weight is 328 g/mol. The second-order valence-electron chi connectivity index (χ2n) is 5.89. The quantitative estimate of drug-likeness (QED) is 0.718. The summed E-state index contributed by atoms with van der Waals surface area (Å²) in [5.74, 6) is 0. The summed E-state index contributed by atoms with van der Waals surface area (Å²) < 4.78 is 5.17. The topological polar surface area (TPSA) is 66.5 Å². The first-order valence-electron chi connectivity index (χ1n) is 7.73. The van der Waals surface area contributed by atoms with Gasteiger partial charge in [0.2, 0.25) is 0 Å². The Bertz CT molecular complexity index is 453. The maximum Gasteiger partial charge on any atom is 0.407 e. The molecule has 1 aromatic heterocycles. The van der Waals surface area contributed by atoms with Gasteiger partial charge in [0.1, 0.15) is 5.60 Å². The third-order valence-corrected chi connectivity index (χ3v) is 3.90. The van der Waals surface area contributed by atoms with Crippen molar-refractivity contribution in [3.63, 3.8) is 0 Å². The number of alkyl carbamates (subject to hydrolysis) is 1. The summed E-state index contributed by atoms with van der Waals surface area (Å²) in [6, 6.07) is 0. The number of nitrogens with zero attached hydrogens (tertiary/aromatic N) is 2. The van der Waals surface area contributed by atoms with Crippen LogP contribution in [-0.4, -0.2) is 42.9 Å². The normalized spacial score (nSPS) is 11.3. The number of hydrogen-bond donors (Lipinski definition) is 2. The Hall–Kier alpha value is -1.34. The molecule has 0 aliphatic rings. The minimum Gasteiger partial charge on any atom is -0.444 e. The number of nitrogens with one attached hydrogen (secondary N) is 2. The molecule has 0 aliphatic carbocycles. The number of anilines is 1. The number of aromatic nitrogens is 1. The molecule has 1 amide bonds. The number of amides is 1. The summed E-state index contributed by atoms with van der Waals surface area (Å²) in [4.78, 5) is 19.3. The van der Waals surface area contributed by atoms with Gasteiger partial charge in [-0.15, -0.1) is 11.3 Å². The van der Waals surface area contributed by atoms with E-state index in [-0.39, 0.29) is 6.09 Å². The SMILES string of the molecule is CCN(CC)c1ncc(CNCCNC(=O)OC(C)(C)C)s1. The lowest BCUT2D eigenvalue weighted by atomic mass is 10.2. The van der Waals surface area contributed by atoms with Crippen LogP contribution in [0, 0.1) is 0 Å². The lowest BCUT2D eigenvalue weighted by molar-refractivity contribution is 0.0528. The van der Waals surface area contributed by atoms with Crippen molar-refractivity contribution in [3.8, 4) is 0 Å². The minimum absolute atomic E-state index is 0.379. The van der Waals surface area contributed by atoms with Crippen LogP contribution in [0.3, 0.4) is 0 Å². The number of hydrogen-bond acceptors (Lipinski definition) is 6. The molecule has 0 aromatic carbocycles. The van der Waals surface area contributed by atoms with Gasteiger partial charge in [-0.25, -0.2) is 9.78 Å². The van der Waals surface area contributed by atoms with Crippen LogP contribution in [0.2, 0.25) is 0 Å². The van der Waals surface area contributed by atoms with Crippen molar-refractivity contribution in [3.05, 3.63) is 11.1 Å². The predicted octanol–water partition coefficient (Wildman–Crippen LogP) is 2.60. The highest BCUT2D eigenvalue weighted by atomic mass is 32.1. The summed E-state index contributed by atoms with van der Waals surface area (Å²) >= 11 is 1.70. The van der Waals surface area contributed by atoms with E-state index in [2.05, 4.69) is 34.4 Å². The smallest absolute Gasteiger partial charge is 0.407 e. The molecule has 0 unspecified atom stereocenters. The van der Waals surface area contributed by atoms with Gasteiger partial charge >= 0.3 is 6.09 Å². The maximum absolute atomic E-state index is 11.5. The van der Waals surface area contributed by atoms with Crippen LogP contribution in [-0.2, 0) is 11.3 Å². The lowest BCUT2D eigenvalue weighted by Crippen LogP contribution is -2.36. The molecule has 0 radical (unpaired) electrons. The van der Waals surface area contributed by atoms with Gasteiger partial charge in [-0.2, -0.15) is 0 Å². The van der Waals surface area contributed by atoms with Crippen LogP contribution in [0.5, 0.6) is 0 Å². The standard InChI is InChI=1S/C15H28N4O2S/c1-6-19(7-2)13-18-11-12(22-13)10-16-8-9-17-14(20)21-15(3,4)5/h11,16H,6-10H2,1-5H3,(H,17,20). The van der Waals surface area contributed by atoms with Gasteiger partial charge in [-0.05, 0) is 34.6 Å². The van der Waals surface area contributed by atoms with Crippen molar-refractivity contribution < 1.29 is 9.53 Å². The molecule has 126 valence electrons. The van der Waals surface area contributed by atoms with E-state index in [1.165, 1.54) is 4.88 Å². The predicted molar refractivity (Wildman–Crippen MR) is 91.6 cm³/mol. The van der Waals surface area contributed by atoms with Gasteiger partial charge in [-0.1, -0.05) is 0 Å². The molecule has 2 N–H and O–H groups in total. The van der Waals surface area contributed by atoms with Gasteiger partial charge < -0.3 is 20.3 Å². The molecule has 0 atom stereocenters. The molecule has 7 heteroatoms. The second-order valence-corrected chi connectivity index (χ2v) is 6.98. The van der Waals surface area contributed by atoms with Crippen molar-refractivity contribution in [1.29, 1.82) is 0 Å². The van der Waals surface area contributed by atoms with E-state index in [4.69, 9.17) is 4.74 Å². The Morgan fingerprint density at radius 2 is 2.00 bits per heavy atom. The Kier molecular flexibility index (Phi) is 7.61. The fourth-order valence-corrected chi connectivity index (χ4v) is 2.80. The lowest BCUT2D eigenvalue weighted by Gasteiger charge is -2.19. The van der Waals surface area contributed by atoms with Crippen LogP contribution in [0.15, 0.2) is 6.20 Å². The van der Waals surface area contributed by atoms with E-state index < -0.39 is 5.60 Å². The number of ether oxygens (including phenoxy) is 1. The first kappa shape index (κ1) is 18.7. The van der Waals surface area contributed by atoms with E-state index in [9.17, 15) is 4.79 Å². The summed E-state index contributed by atoms with van der Waals surface area (Å²) in [5, 5.41) is 7.08. The van der Waals surface area contributed by atoms with E-state index in [0.717, 1.165) is 24.8 Å². The zero-order valence-electron chi connectivity index (χ0n) is 14.2. The number of carbonyl (C=O) groups is 1. The molecule has 0 saturated carbocycles. The van der Waals surface area contributed by atoms with Crippen molar-refractivity contribution >= 4 is 22.6 Å². The third kappa shape index (κ3) is 7.09. The average Bonchev–Trinajstić information content (AvgIpc) is 2.86. The van der Waals surface area contributed by atoms with Crippen molar-refractivity contribution in [2.24, 2.45) is 0 Å². The minimum atomic E-state index is -0.457. The fourth-order valence-electron chi connectivity index (χ4n) is 1.80. The number of thiazole rings is 1. The molecule has 0 bridgehead atoms. The molecule has 0 saturated heterocycles. The molecule has 1 heterocycles. The van der Waals surface area contributed by atoms with E-state index >= 15 is 0 Å². The first-order valence-corrected chi connectivity index (χ1v) is 8.54. The fraction of sp³-hybridized carbons (Fsp3) is 0.733. The largest absolute Gasteiger partial charge is 0.444 e. The number of rotatable bonds is 8. The summed E-state index contributed by atoms with van der Waals surface area (Å²) in [6.45, 7) is 13.7. The van der Waals surface area contributed by atoms with Crippen LogP contribution in [0.25, 0.3) is 0 Å². The third-order valence-electron chi connectivity index (χ3n) is 2.84. The first-order chi connectivity index (χ1) is 10.4. The monoisotopic (exact) mass is 328 g/mol. The van der Waals surface area contributed by atoms with Gasteiger partial charge in [0.25, 0.3) is 0 Å². The highest BCUT2D eigenvalue weighted by molar-refractivity contribution is 7.15. The van der Waals surface area contributed by atoms with Crippen molar-refractivity contribution in [2.75, 3.05) is 31.1 Å². The van der Waals surface area contributed by atoms with E-state index in [1.54, 1.807) is 11.3 Å². The highest BCUT2D eigenvalue weighted by Gasteiger charge is 2.15. The summed E-state index contributed by atoms with van der Waals surface area (Å²) in [7, 11) is 0. The number of carbonyl (C=O) groups excluding carboxylic acids is 1. The second kappa shape index (κ2) is 8.95. The molecular weight excluding hydrogens is 300 g/mol. The van der Waals surface area contributed by atoms with Crippen molar-refractivity contribution in [1.82, 2.24) is 15.6 Å². The Morgan fingerprint density at radius 1 is 1.32 bits per heavy atom. The van der Waals surface area contributed by atoms with Crippen LogP contribution < -0.4 is 15.5 Å². The maximum atomic E-state index is 11.5. The Morgan fingerprint density at radius 3 is 2.59 bits per heavy atom. The molecule has 1 rings (SSSR count). The van der Waals surface area contributed by atoms with Crippen LogP contribution >= 0.6 is 11.3 Å². The van der Waals surface area contributed by atoms with Crippen molar-refractivity contribution in [2.45, 2.75) is 46.8 Å². The summed E-state index contributed by atoms with van der Waals surface area (Å²) in [5.41, 5.74) is -0.457. The van der Waals surface area contributed by atoms with Crippen LogP contribution in [0.4, 0.5) is 9.93 Å². The Balaban J connectivity index is 2.21. The Labute approximate surface area is 137 Å². The zero-order chi connectivity index (χ0) is 16.6. The van der Waals surface area contributed by atoms with Crippen LogP contribution in [0.1, 0.15) is 39.5 Å². The van der Waals surface area contributed by atoms with E-state index in [1.807, 2.05) is 27.0 Å². The molecule has 1 aromatic rings. The van der Waals surface area contributed by atoms with E-state index in [0.29, 0.717) is 13.1 Å². The zero-order valence-corrected chi connectivity index (χ0v) is 15.0. The molecule has 22 heavy (non-hydrogen) atoms. The van der Waals surface area contributed by atoms with Gasteiger partial charge in [0, 0.05) is 43.8 Å². The molecular formula is C15H28N4O2S. The highest BCUT2D eigenvalue weighted by Crippen LogP contribution is 2.21. The summed E-state index contributed by atoms with van der Waals surface area (Å²) in [6.07, 6.45) is 1.53. The molecule has 0 spiro atoms. The molecule has 0 aliphatic heterocycles. The van der Waals surface area contributed by atoms with Gasteiger partial charge in [0.15, 0.2) is 5.13 Å². The molecule has 6 nitrogen and oxygen atoms in total. The van der Waals surface area contributed by atoms with Gasteiger partial charge in [0.05, 0.1) is 0 Å². The van der Waals surface area contributed by atoms with Gasteiger partial charge in [-0.3, -0.25) is 0 Å². The molecule has 0 fully saturated rings.